The molecule has 2 heterocycles. The second-order valence-corrected chi connectivity index (χ2v) is 8.55. The van der Waals surface area contributed by atoms with E-state index in [9.17, 15) is 14.3 Å². The van der Waals surface area contributed by atoms with Crippen molar-refractivity contribution in [2.75, 3.05) is 5.32 Å². The number of pyridine rings is 1. The third-order valence-electron chi connectivity index (χ3n) is 5.40. The molecule has 0 aliphatic carbocycles. The second kappa shape index (κ2) is 8.33. The molecule has 0 saturated carbocycles. The van der Waals surface area contributed by atoms with Crippen molar-refractivity contribution in [3.05, 3.63) is 82.0 Å². The molecule has 0 bridgehead atoms. The standard InChI is InChI=1S/C24H22ClFN4O2/c1-14(24(2,3)32)28-23-27-13-15-12-19(18-6-4-5-7-20(18)25)22(31)30(21(15)29-23)17-10-8-16(26)9-11-17/h4-14,32H,1-3H3,(H,27,28,29)/t14-/m1/s1. The number of fused-ring (bicyclic) bond motifs is 1. The van der Waals surface area contributed by atoms with Gasteiger partial charge in [0.25, 0.3) is 5.56 Å². The van der Waals surface area contributed by atoms with Gasteiger partial charge in [-0.3, -0.25) is 9.36 Å². The first-order valence-electron chi connectivity index (χ1n) is 10.1. The van der Waals surface area contributed by atoms with E-state index in [4.69, 9.17) is 11.6 Å². The zero-order valence-corrected chi connectivity index (χ0v) is 18.6. The van der Waals surface area contributed by atoms with Crippen molar-refractivity contribution < 1.29 is 9.50 Å². The number of hydrogen-bond acceptors (Lipinski definition) is 5. The molecule has 32 heavy (non-hydrogen) atoms. The second-order valence-electron chi connectivity index (χ2n) is 8.15. The Morgan fingerprint density at radius 1 is 1.12 bits per heavy atom. The summed E-state index contributed by atoms with van der Waals surface area (Å²) in [5.74, 6) is -0.155. The third-order valence-corrected chi connectivity index (χ3v) is 5.72. The van der Waals surface area contributed by atoms with Gasteiger partial charge in [-0.1, -0.05) is 29.8 Å². The van der Waals surface area contributed by atoms with Crippen molar-refractivity contribution >= 4 is 28.6 Å². The minimum absolute atomic E-state index is 0.257. The lowest BCUT2D eigenvalue weighted by molar-refractivity contribution is 0.0646. The lowest BCUT2D eigenvalue weighted by Crippen LogP contribution is -2.39. The Morgan fingerprint density at radius 3 is 2.47 bits per heavy atom. The van der Waals surface area contributed by atoms with Gasteiger partial charge in [0.1, 0.15) is 5.82 Å². The van der Waals surface area contributed by atoms with Gasteiger partial charge in [0, 0.05) is 27.7 Å². The zero-order valence-electron chi connectivity index (χ0n) is 17.8. The fraction of sp³-hybridized carbons (Fsp3) is 0.208. The first kappa shape index (κ1) is 21.9. The van der Waals surface area contributed by atoms with Crippen molar-refractivity contribution in [2.24, 2.45) is 0 Å². The number of nitrogens with zero attached hydrogens (tertiary/aromatic N) is 3. The highest BCUT2D eigenvalue weighted by Gasteiger charge is 2.23. The van der Waals surface area contributed by atoms with Crippen molar-refractivity contribution in [2.45, 2.75) is 32.4 Å². The fourth-order valence-corrected chi connectivity index (χ4v) is 3.48. The van der Waals surface area contributed by atoms with E-state index in [1.807, 2.05) is 0 Å². The molecule has 0 fully saturated rings. The molecule has 6 nitrogen and oxygen atoms in total. The predicted octanol–water partition coefficient (Wildman–Crippen LogP) is 4.81. The van der Waals surface area contributed by atoms with Crippen molar-refractivity contribution in [1.29, 1.82) is 0 Å². The topological polar surface area (TPSA) is 80.0 Å². The van der Waals surface area contributed by atoms with Gasteiger partial charge < -0.3 is 10.4 Å². The molecule has 2 aromatic carbocycles. The van der Waals surface area contributed by atoms with Crippen LogP contribution in [-0.2, 0) is 0 Å². The Kier molecular flexibility index (Phi) is 5.71. The molecule has 2 N–H and O–H groups in total. The normalized spacial score (nSPS) is 12.7. The van der Waals surface area contributed by atoms with Crippen LogP contribution in [0.2, 0.25) is 5.02 Å². The first-order valence-corrected chi connectivity index (χ1v) is 10.5. The van der Waals surface area contributed by atoms with Gasteiger partial charge in [-0.05, 0) is 57.2 Å². The van der Waals surface area contributed by atoms with Crippen molar-refractivity contribution in [3.8, 4) is 16.8 Å². The van der Waals surface area contributed by atoms with Gasteiger partial charge in [0.2, 0.25) is 5.95 Å². The quantitative estimate of drug-likeness (QED) is 0.454. The van der Waals surface area contributed by atoms with Crippen molar-refractivity contribution in [1.82, 2.24) is 14.5 Å². The number of aromatic nitrogens is 3. The number of benzene rings is 2. The Bertz CT molecular complexity index is 1350. The summed E-state index contributed by atoms with van der Waals surface area (Å²) in [6.45, 7) is 5.16. The van der Waals surface area contributed by atoms with Gasteiger partial charge >= 0.3 is 0 Å². The average Bonchev–Trinajstić information content (AvgIpc) is 2.74. The Morgan fingerprint density at radius 2 is 1.81 bits per heavy atom. The zero-order chi connectivity index (χ0) is 23.0. The molecular weight excluding hydrogens is 431 g/mol. The van der Waals surface area contributed by atoms with E-state index in [1.54, 1.807) is 57.3 Å². The Labute approximate surface area is 189 Å². The van der Waals surface area contributed by atoms with Crippen LogP contribution in [0.4, 0.5) is 10.3 Å². The highest BCUT2D eigenvalue weighted by molar-refractivity contribution is 6.33. The van der Waals surface area contributed by atoms with Crippen LogP contribution in [0.3, 0.4) is 0 Å². The van der Waals surface area contributed by atoms with E-state index in [1.165, 1.54) is 28.8 Å². The third kappa shape index (κ3) is 4.22. The van der Waals surface area contributed by atoms with E-state index in [2.05, 4.69) is 15.3 Å². The van der Waals surface area contributed by atoms with E-state index < -0.39 is 11.4 Å². The molecule has 164 valence electrons. The molecule has 0 aliphatic rings. The average molecular weight is 453 g/mol. The lowest BCUT2D eigenvalue weighted by atomic mass is 10.0. The van der Waals surface area contributed by atoms with E-state index >= 15 is 0 Å². The molecule has 8 heteroatoms. The van der Waals surface area contributed by atoms with Crippen LogP contribution in [-0.4, -0.2) is 31.3 Å². The maximum atomic E-state index is 13.6. The number of halogens is 2. The number of anilines is 1. The summed E-state index contributed by atoms with van der Waals surface area (Å²) >= 11 is 6.36. The number of nitrogens with one attached hydrogen (secondary N) is 1. The molecule has 0 radical (unpaired) electrons. The van der Waals surface area contributed by atoms with Gasteiger partial charge in [-0.25, -0.2) is 9.37 Å². The maximum absolute atomic E-state index is 13.6. The largest absolute Gasteiger partial charge is 0.388 e. The summed E-state index contributed by atoms with van der Waals surface area (Å²) in [4.78, 5) is 22.5. The van der Waals surface area contributed by atoms with E-state index in [0.29, 0.717) is 32.9 Å². The molecule has 4 aromatic rings. The lowest BCUT2D eigenvalue weighted by Gasteiger charge is -2.26. The van der Waals surface area contributed by atoms with Crippen LogP contribution in [0, 0.1) is 5.82 Å². The SMILES string of the molecule is C[C@@H](Nc1ncc2cc(-c3ccccc3Cl)c(=O)n(-c3ccc(F)cc3)c2n1)C(C)(C)O. The predicted molar refractivity (Wildman–Crippen MR) is 125 cm³/mol. The summed E-state index contributed by atoms with van der Waals surface area (Å²) in [6, 6.07) is 14.0. The van der Waals surface area contributed by atoms with E-state index in [0.717, 1.165) is 0 Å². The molecular formula is C24H22ClFN4O2. The van der Waals surface area contributed by atoms with Gasteiger partial charge in [0.05, 0.1) is 17.3 Å². The maximum Gasteiger partial charge on any atom is 0.264 e. The van der Waals surface area contributed by atoms with Crippen LogP contribution in [0.25, 0.3) is 27.8 Å². The molecule has 0 unspecified atom stereocenters. The highest BCUT2D eigenvalue weighted by Crippen LogP contribution is 2.28. The summed E-state index contributed by atoms with van der Waals surface area (Å²) in [5.41, 5.74) is 0.394. The first-order chi connectivity index (χ1) is 15.1. The minimum Gasteiger partial charge on any atom is -0.388 e. The molecule has 0 spiro atoms. The molecule has 4 rings (SSSR count). The Hall–Kier alpha value is -3.29. The molecule has 2 aromatic heterocycles. The number of aliphatic hydroxyl groups is 1. The minimum atomic E-state index is -1.01. The summed E-state index contributed by atoms with van der Waals surface area (Å²) in [6.07, 6.45) is 1.60. The number of rotatable bonds is 5. The van der Waals surface area contributed by atoms with Crippen molar-refractivity contribution in [3.63, 3.8) is 0 Å². The van der Waals surface area contributed by atoms with Crippen LogP contribution >= 0.6 is 11.6 Å². The van der Waals surface area contributed by atoms with Crippen LogP contribution < -0.4 is 10.9 Å². The van der Waals surface area contributed by atoms with Gasteiger partial charge in [-0.15, -0.1) is 0 Å². The molecule has 0 saturated heterocycles. The summed E-state index contributed by atoms with van der Waals surface area (Å²) in [5, 5.41) is 14.3. The smallest absolute Gasteiger partial charge is 0.264 e. The number of hydrogen-bond donors (Lipinski definition) is 2. The van der Waals surface area contributed by atoms with E-state index in [-0.39, 0.29) is 17.5 Å². The van der Waals surface area contributed by atoms with Gasteiger partial charge in [0.15, 0.2) is 5.65 Å². The summed E-state index contributed by atoms with van der Waals surface area (Å²) in [7, 11) is 0. The molecule has 1 atom stereocenters. The van der Waals surface area contributed by atoms with Gasteiger partial charge in [-0.2, -0.15) is 4.98 Å². The van der Waals surface area contributed by atoms with Crippen LogP contribution in [0.15, 0.2) is 65.6 Å². The highest BCUT2D eigenvalue weighted by atomic mass is 35.5. The molecule has 0 amide bonds. The van der Waals surface area contributed by atoms with Crippen LogP contribution in [0.5, 0.6) is 0 Å². The Balaban J connectivity index is 1.98. The van der Waals surface area contributed by atoms with Crippen LogP contribution in [0.1, 0.15) is 20.8 Å². The fourth-order valence-electron chi connectivity index (χ4n) is 3.24. The summed E-state index contributed by atoms with van der Waals surface area (Å²) < 4.78 is 15.0. The molecule has 0 aliphatic heterocycles. The monoisotopic (exact) mass is 452 g/mol.